The summed E-state index contributed by atoms with van der Waals surface area (Å²) in [6, 6.07) is 4.39. The minimum atomic E-state index is -4.65. The van der Waals surface area contributed by atoms with Gasteiger partial charge in [-0.05, 0) is 31.2 Å². The van der Waals surface area contributed by atoms with Gasteiger partial charge < -0.3 is 5.32 Å². The van der Waals surface area contributed by atoms with Gasteiger partial charge in [-0.3, -0.25) is 4.98 Å². The summed E-state index contributed by atoms with van der Waals surface area (Å²) >= 11 is 0. The van der Waals surface area contributed by atoms with Gasteiger partial charge in [-0.2, -0.15) is 18.3 Å². The summed E-state index contributed by atoms with van der Waals surface area (Å²) in [6.07, 6.45) is -2.95. The Kier molecular flexibility index (Phi) is 4.81. The van der Waals surface area contributed by atoms with Crippen LogP contribution in [0.15, 0.2) is 36.7 Å². The third-order valence-corrected chi connectivity index (χ3v) is 3.78. The molecule has 0 atom stereocenters. The number of alkyl halides is 3. The molecule has 3 rings (SSSR count). The van der Waals surface area contributed by atoms with E-state index in [1.54, 1.807) is 0 Å². The summed E-state index contributed by atoms with van der Waals surface area (Å²) in [5.41, 5.74) is -1.30. The number of halogens is 6. The molecule has 1 aromatic carbocycles. The van der Waals surface area contributed by atoms with Gasteiger partial charge in [0.05, 0.1) is 12.4 Å². The SMILES string of the molecule is Cc1cc(C(F)(F)F)nn1-c1ccc(NCc2c(F)cncc2F)cc1F. The summed E-state index contributed by atoms with van der Waals surface area (Å²) in [5.74, 6) is -2.56. The third-order valence-electron chi connectivity index (χ3n) is 3.78. The highest BCUT2D eigenvalue weighted by Crippen LogP contribution is 2.30. The van der Waals surface area contributed by atoms with Crippen LogP contribution in [0.5, 0.6) is 0 Å². The van der Waals surface area contributed by atoms with Crippen LogP contribution in [0, 0.1) is 24.4 Å². The molecule has 0 aliphatic heterocycles. The molecule has 0 radical (unpaired) electrons. The molecule has 0 unspecified atom stereocenters. The first-order chi connectivity index (χ1) is 12.7. The van der Waals surface area contributed by atoms with Crippen molar-refractivity contribution in [2.24, 2.45) is 0 Å². The first kappa shape index (κ1) is 18.7. The zero-order valence-corrected chi connectivity index (χ0v) is 13.8. The summed E-state index contributed by atoms with van der Waals surface area (Å²) in [5, 5.41) is 6.03. The van der Waals surface area contributed by atoms with Gasteiger partial charge in [0, 0.05) is 23.5 Å². The highest BCUT2D eigenvalue weighted by atomic mass is 19.4. The molecule has 0 saturated carbocycles. The molecule has 3 aromatic rings. The minimum Gasteiger partial charge on any atom is -0.381 e. The van der Waals surface area contributed by atoms with E-state index in [1.807, 2.05) is 0 Å². The second-order valence-electron chi connectivity index (χ2n) is 5.68. The van der Waals surface area contributed by atoms with Crippen molar-refractivity contribution >= 4 is 5.69 Å². The van der Waals surface area contributed by atoms with Gasteiger partial charge >= 0.3 is 6.18 Å². The van der Waals surface area contributed by atoms with Gasteiger partial charge in [-0.25, -0.2) is 17.9 Å². The van der Waals surface area contributed by atoms with Crippen molar-refractivity contribution in [2.75, 3.05) is 5.32 Å². The van der Waals surface area contributed by atoms with Crippen LogP contribution in [-0.2, 0) is 12.7 Å². The predicted molar refractivity (Wildman–Crippen MR) is 84.7 cm³/mol. The monoisotopic (exact) mass is 386 g/mol. The lowest BCUT2D eigenvalue weighted by atomic mass is 10.2. The Hall–Kier alpha value is -3.04. The van der Waals surface area contributed by atoms with E-state index in [9.17, 15) is 26.3 Å². The number of aromatic nitrogens is 3. The van der Waals surface area contributed by atoms with Crippen molar-refractivity contribution in [3.05, 3.63) is 71.1 Å². The van der Waals surface area contributed by atoms with Crippen LogP contribution in [0.4, 0.5) is 32.0 Å². The molecular weight excluding hydrogens is 374 g/mol. The Labute approximate surface area is 149 Å². The molecule has 4 nitrogen and oxygen atoms in total. The standard InChI is InChI=1S/C17H12F6N4/c1-9-4-16(17(21,22)23)26-27(9)15-3-2-10(5-12(15)18)25-6-11-13(19)7-24-8-14(11)20/h2-5,7-8,25H,6H2,1H3. The molecule has 0 bridgehead atoms. The molecule has 2 aromatic heterocycles. The lowest BCUT2D eigenvalue weighted by Crippen LogP contribution is -2.09. The maximum Gasteiger partial charge on any atom is 0.435 e. The third kappa shape index (κ3) is 3.88. The number of pyridine rings is 1. The van der Waals surface area contributed by atoms with E-state index < -0.39 is 29.3 Å². The minimum absolute atomic E-state index is 0.0999. The Balaban J connectivity index is 1.83. The Bertz CT molecular complexity index is 960. The first-order valence-electron chi connectivity index (χ1n) is 7.62. The summed E-state index contributed by atoms with van der Waals surface area (Å²) in [4.78, 5) is 3.36. The number of hydrogen-bond acceptors (Lipinski definition) is 3. The number of anilines is 1. The molecule has 0 fully saturated rings. The van der Waals surface area contributed by atoms with Gasteiger partial charge in [0.15, 0.2) is 11.5 Å². The normalized spacial score (nSPS) is 11.7. The number of rotatable bonds is 4. The molecule has 0 aliphatic rings. The molecule has 0 aliphatic carbocycles. The fourth-order valence-electron chi connectivity index (χ4n) is 2.44. The van der Waals surface area contributed by atoms with Crippen molar-refractivity contribution in [3.63, 3.8) is 0 Å². The van der Waals surface area contributed by atoms with Crippen molar-refractivity contribution < 1.29 is 26.3 Å². The quantitative estimate of drug-likeness (QED) is 0.666. The number of benzene rings is 1. The summed E-state index contributed by atoms with van der Waals surface area (Å²) in [7, 11) is 0. The van der Waals surface area contributed by atoms with Crippen LogP contribution in [0.3, 0.4) is 0 Å². The molecular formula is C17H12F6N4. The lowest BCUT2D eigenvalue weighted by molar-refractivity contribution is -0.141. The van der Waals surface area contributed by atoms with Crippen LogP contribution in [-0.4, -0.2) is 14.8 Å². The van der Waals surface area contributed by atoms with E-state index in [-0.39, 0.29) is 29.2 Å². The van der Waals surface area contributed by atoms with Crippen LogP contribution < -0.4 is 5.32 Å². The zero-order chi connectivity index (χ0) is 19.8. The Morgan fingerprint density at radius 2 is 1.67 bits per heavy atom. The highest BCUT2D eigenvalue weighted by molar-refractivity contribution is 5.50. The molecule has 10 heteroatoms. The molecule has 27 heavy (non-hydrogen) atoms. The Morgan fingerprint density at radius 1 is 1.00 bits per heavy atom. The van der Waals surface area contributed by atoms with Gasteiger partial charge in [-0.1, -0.05) is 0 Å². The zero-order valence-electron chi connectivity index (χ0n) is 13.8. The van der Waals surface area contributed by atoms with Crippen molar-refractivity contribution in [1.82, 2.24) is 14.8 Å². The van der Waals surface area contributed by atoms with E-state index in [0.29, 0.717) is 0 Å². The van der Waals surface area contributed by atoms with E-state index in [2.05, 4.69) is 15.4 Å². The molecule has 0 amide bonds. The number of hydrogen-bond donors (Lipinski definition) is 1. The van der Waals surface area contributed by atoms with E-state index in [0.717, 1.165) is 29.2 Å². The number of nitrogens with one attached hydrogen (secondary N) is 1. The van der Waals surface area contributed by atoms with Crippen molar-refractivity contribution in [2.45, 2.75) is 19.6 Å². The second-order valence-corrected chi connectivity index (χ2v) is 5.68. The molecule has 142 valence electrons. The average molecular weight is 386 g/mol. The number of aryl methyl sites for hydroxylation is 1. The molecule has 1 N–H and O–H groups in total. The second kappa shape index (κ2) is 6.93. The molecule has 0 spiro atoms. The summed E-state index contributed by atoms with van der Waals surface area (Å²) in [6.45, 7) is 1.10. The van der Waals surface area contributed by atoms with Gasteiger partial charge in [0.1, 0.15) is 17.3 Å². The maximum absolute atomic E-state index is 14.4. The van der Waals surface area contributed by atoms with E-state index >= 15 is 0 Å². The van der Waals surface area contributed by atoms with Crippen LogP contribution in [0.2, 0.25) is 0 Å². The maximum atomic E-state index is 14.4. The lowest BCUT2D eigenvalue weighted by Gasteiger charge is -2.11. The van der Waals surface area contributed by atoms with Gasteiger partial charge in [0.25, 0.3) is 0 Å². The smallest absolute Gasteiger partial charge is 0.381 e. The van der Waals surface area contributed by atoms with Gasteiger partial charge in [0.2, 0.25) is 0 Å². The highest BCUT2D eigenvalue weighted by Gasteiger charge is 2.34. The Morgan fingerprint density at radius 3 is 2.22 bits per heavy atom. The van der Waals surface area contributed by atoms with Gasteiger partial charge in [-0.15, -0.1) is 0 Å². The first-order valence-corrected chi connectivity index (χ1v) is 7.62. The summed E-state index contributed by atoms with van der Waals surface area (Å²) < 4.78 is 80.5. The van der Waals surface area contributed by atoms with Crippen LogP contribution >= 0.6 is 0 Å². The predicted octanol–water partition coefficient (Wildman–Crippen LogP) is 4.62. The number of nitrogens with zero attached hydrogens (tertiary/aromatic N) is 3. The molecule has 0 saturated heterocycles. The fourth-order valence-corrected chi connectivity index (χ4v) is 2.44. The van der Waals surface area contributed by atoms with E-state index in [1.165, 1.54) is 19.1 Å². The van der Waals surface area contributed by atoms with Crippen LogP contribution in [0.1, 0.15) is 17.0 Å². The molecule has 2 heterocycles. The van der Waals surface area contributed by atoms with Crippen LogP contribution in [0.25, 0.3) is 5.69 Å². The van der Waals surface area contributed by atoms with Crippen molar-refractivity contribution in [3.8, 4) is 5.69 Å². The topological polar surface area (TPSA) is 42.7 Å². The van der Waals surface area contributed by atoms with E-state index in [4.69, 9.17) is 0 Å². The van der Waals surface area contributed by atoms with Crippen molar-refractivity contribution in [1.29, 1.82) is 0 Å². The fraction of sp³-hybridized carbons (Fsp3) is 0.176. The largest absolute Gasteiger partial charge is 0.435 e. The average Bonchev–Trinajstić information content (AvgIpc) is 2.96.